The van der Waals surface area contributed by atoms with Crippen LogP contribution in [0.5, 0.6) is 0 Å². The first kappa shape index (κ1) is 8.05. The normalized spacial score (nSPS) is 20.8. The van der Waals surface area contributed by atoms with E-state index in [9.17, 15) is 0 Å². The molecule has 2 heteroatoms. The molecule has 1 aliphatic heterocycles. The summed E-state index contributed by atoms with van der Waals surface area (Å²) in [4.78, 5) is 0. The molecule has 0 fully saturated rings. The largest absolute Gasteiger partial charge is 0.385 e. The van der Waals surface area contributed by atoms with Crippen LogP contribution in [0.3, 0.4) is 0 Å². The van der Waals surface area contributed by atoms with Gasteiger partial charge < -0.3 is 10.7 Å². The third kappa shape index (κ3) is 2.22. The van der Waals surface area contributed by atoms with Crippen LogP contribution in [-0.2, 0) is 0 Å². The Kier molecular flexibility index (Phi) is 2.90. The summed E-state index contributed by atoms with van der Waals surface area (Å²) < 4.78 is 0. The van der Waals surface area contributed by atoms with E-state index in [2.05, 4.69) is 24.4 Å². The molecule has 0 unspecified atom stereocenters. The minimum Gasteiger partial charge on any atom is -0.385 e. The zero-order valence-corrected chi connectivity index (χ0v) is 6.85. The highest BCUT2D eigenvalue weighted by molar-refractivity contribution is 5.56. The van der Waals surface area contributed by atoms with E-state index in [0.29, 0.717) is 0 Å². The molecule has 0 aromatic carbocycles. The molecular formula is C9H14N2. The molecule has 2 N–H and O–H groups in total. The lowest BCUT2D eigenvalue weighted by Crippen LogP contribution is -2.19. The summed E-state index contributed by atoms with van der Waals surface area (Å²) >= 11 is 0. The van der Waals surface area contributed by atoms with Crippen LogP contribution >= 0.6 is 0 Å². The molecule has 0 saturated heterocycles. The number of nitrogens with one attached hydrogen (secondary N) is 2. The van der Waals surface area contributed by atoms with Crippen LogP contribution in [0.2, 0.25) is 0 Å². The third-order valence-corrected chi connectivity index (χ3v) is 1.77. The first-order chi connectivity index (χ1) is 5.34. The van der Waals surface area contributed by atoms with Crippen LogP contribution in [0.1, 0.15) is 19.8 Å². The van der Waals surface area contributed by atoms with Gasteiger partial charge in [-0.05, 0) is 25.1 Å². The van der Waals surface area contributed by atoms with E-state index >= 15 is 0 Å². The van der Waals surface area contributed by atoms with Crippen molar-refractivity contribution in [2.24, 2.45) is 0 Å². The number of allylic oxidation sites excluding steroid dienone is 2. The standard InChI is InChI=1S/C9H14N2/c1-8-4-3-7-11-9(8)5-2-6-10/h4-6,10-11H,2-3,7H2,1H3/b9-5-,10-6?. The average molecular weight is 150 g/mol. The highest BCUT2D eigenvalue weighted by Gasteiger charge is 2.02. The Hall–Kier alpha value is -1.05. The molecule has 1 heterocycles. The van der Waals surface area contributed by atoms with E-state index in [1.54, 1.807) is 0 Å². The Labute approximate surface area is 67.5 Å². The lowest BCUT2D eigenvalue weighted by atomic mass is 10.1. The smallest absolute Gasteiger partial charge is 0.0329 e. The van der Waals surface area contributed by atoms with Crippen LogP contribution in [0, 0.1) is 5.41 Å². The molecule has 0 aromatic rings. The summed E-state index contributed by atoms with van der Waals surface area (Å²) in [6.45, 7) is 3.13. The molecule has 1 rings (SSSR count). The van der Waals surface area contributed by atoms with Crippen LogP contribution in [0.25, 0.3) is 0 Å². The molecule has 0 aromatic heterocycles. The van der Waals surface area contributed by atoms with Crippen molar-refractivity contribution < 1.29 is 0 Å². The topological polar surface area (TPSA) is 35.9 Å². The van der Waals surface area contributed by atoms with Crippen LogP contribution < -0.4 is 5.32 Å². The molecule has 0 radical (unpaired) electrons. The van der Waals surface area contributed by atoms with Crippen molar-refractivity contribution in [2.75, 3.05) is 6.54 Å². The summed E-state index contributed by atoms with van der Waals surface area (Å²) in [6.07, 6.45) is 7.54. The molecule has 11 heavy (non-hydrogen) atoms. The van der Waals surface area contributed by atoms with Gasteiger partial charge in [-0.1, -0.05) is 12.2 Å². The van der Waals surface area contributed by atoms with Gasteiger partial charge in [-0.25, -0.2) is 0 Å². The van der Waals surface area contributed by atoms with Crippen molar-refractivity contribution in [2.45, 2.75) is 19.8 Å². The summed E-state index contributed by atoms with van der Waals surface area (Å²) in [5, 5.41) is 10.2. The van der Waals surface area contributed by atoms with E-state index in [-0.39, 0.29) is 0 Å². The summed E-state index contributed by atoms with van der Waals surface area (Å²) in [7, 11) is 0. The molecule has 0 amide bonds. The maximum atomic E-state index is 6.87. The highest BCUT2D eigenvalue weighted by atomic mass is 14.9. The third-order valence-electron chi connectivity index (χ3n) is 1.77. The van der Waals surface area contributed by atoms with E-state index in [4.69, 9.17) is 5.41 Å². The summed E-state index contributed by atoms with van der Waals surface area (Å²) in [6, 6.07) is 0. The van der Waals surface area contributed by atoms with E-state index in [1.807, 2.05) is 0 Å². The summed E-state index contributed by atoms with van der Waals surface area (Å²) in [5.41, 5.74) is 2.50. The molecular weight excluding hydrogens is 136 g/mol. The van der Waals surface area contributed by atoms with Crippen molar-refractivity contribution in [1.82, 2.24) is 5.32 Å². The second-order valence-corrected chi connectivity index (χ2v) is 2.66. The monoisotopic (exact) mass is 150 g/mol. The Morgan fingerprint density at radius 3 is 3.18 bits per heavy atom. The Balaban J connectivity index is 2.62. The van der Waals surface area contributed by atoms with Crippen molar-refractivity contribution in [3.8, 4) is 0 Å². The van der Waals surface area contributed by atoms with Crippen molar-refractivity contribution in [3.63, 3.8) is 0 Å². The quantitative estimate of drug-likeness (QED) is 0.579. The van der Waals surface area contributed by atoms with Crippen molar-refractivity contribution in [3.05, 3.63) is 23.4 Å². The fourth-order valence-corrected chi connectivity index (χ4v) is 1.15. The zero-order valence-electron chi connectivity index (χ0n) is 6.85. The summed E-state index contributed by atoms with van der Waals surface area (Å²) in [5.74, 6) is 0. The predicted octanol–water partition coefficient (Wildman–Crippen LogP) is 1.85. The van der Waals surface area contributed by atoms with Gasteiger partial charge in [0.1, 0.15) is 0 Å². The van der Waals surface area contributed by atoms with Crippen molar-refractivity contribution >= 4 is 6.21 Å². The molecule has 2 nitrogen and oxygen atoms in total. The lowest BCUT2D eigenvalue weighted by Gasteiger charge is -2.15. The Bertz CT molecular complexity index is 202. The first-order valence-corrected chi connectivity index (χ1v) is 3.94. The second kappa shape index (κ2) is 3.96. The molecule has 0 aliphatic carbocycles. The average Bonchev–Trinajstić information content (AvgIpc) is 2.03. The molecule has 0 spiro atoms. The maximum Gasteiger partial charge on any atom is 0.0329 e. The number of hydrogen-bond acceptors (Lipinski definition) is 2. The van der Waals surface area contributed by atoms with Gasteiger partial charge in [0.05, 0.1) is 0 Å². The molecule has 0 bridgehead atoms. The van der Waals surface area contributed by atoms with Crippen LogP contribution in [0.4, 0.5) is 0 Å². The number of hydrogen-bond donors (Lipinski definition) is 2. The maximum absolute atomic E-state index is 6.87. The number of rotatable bonds is 2. The van der Waals surface area contributed by atoms with Gasteiger partial charge in [-0.15, -0.1) is 0 Å². The van der Waals surface area contributed by atoms with E-state index in [0.717, 1.165) is 19.4 Å². The fraction of sp³-hybridized carbons (Fsp3) is 0.444. The second-order valence-electron chi connectivity index (χ2n) is 2.66. The van der Waals surface area contributed by atoms with Crippen LogP contribution in [0.15, 0.2) is 23.4 Å². The van der Waals surface area contributed by atoms with Gasteiger partial charge in [0, 0.05) is 18.7 Å². The van der Waals surface area contributed by atoms with Gasteiger partial charge in [0.25, 0.3) is 0 Å². The van der Waals surface area contributed by atoms with Crippen LogP contribution in [-0.4, -0.2) is 12.8 Å². The molecule has 60 valence electrons. The van der Waals surface area contributed by atoms with Crippen molar-refractivity contribution in [1.29, 1.82) is 5.41 Å². The first-order valence-electron chi connectivity index (χ1n) is 3.94. The van der Waals surface area contributed by atoms with Gasteiger partial charge in [-0.2, -0.15) is 0 Å². The van der Waals surface area contributed by atoms with Gasteiger partial charge in [0.15, 0.2) is 0 Å². The highest BCUT2D eigenvalue weighted by Crippen LogP contribution is 2.11. The SMILES string of the molecule is CC1=CCCN/C1=C\CC=N. The lowest BCUT2D eigenvalue weighted by molar-refractivity contribution is 0.772. The Morgan fingerprint density at radius 1 is 1.73 bits per heavy atom. The Morgan fingerprint density at radius 2 is 2.55 bits per heavy atom. The fourth-order valence-electron chi connectivity index (χ4n) is 1.15. The van der Waals surface area contributed by atoms with Gasteiger partial charge >= 0.3 is 0 Å². The molecule has 1 aliphatic rings. The zero-order chi connectivity index (χ0) is 8.10. The minimum atomic E-state index is 0.730. The van der Waals surface area contributed by atoms with Gasteiger partial charge in [0.2, 0.25) is 0 Å². The van der Waals surface area contributed by atoms with E-state index < -0.39 is 0 Å². The van der Waals surface area contributed by atoms with Gasteiger partial charge in [-0.3, -0.25) is 0 Å². The predicted molar refractivity (Wildman–Crippen MR) is 47.9 cm³/mol. The molecule has 0 atom stereocenters. The molecule has 0 saturated carbocycles. The minimum absolute atomic E-state index is 0.730. The van der Waals surface area contributed by atoms with E-state index in [1.165, 1.54) is 17.5 Å².